The maximum atomic E-state index is 13.9. The SMILES string of the molecule is CC.COC(=O)C(C)c1ccccc1CCc1nc(Nc2ccc(C3CCN(C(=O)OC(C)(C)C)CC3)cc2)ncc1C(F)(F)F. The van der Waals surface area contributed by atoms with Crippen LogP contribution in [-0.2, 0) is 33.3 Å². The number of carbonyl (C=O) groups is 2. The molecule has 3 aromatic rings. The third-order valence-electron chi connectivity index (χ3n) is 7.67. The van der Waals surface area contributed by atoms with Gasteiger partial charge in [0.05, 0.1) is 24.3 Å². The number of esters is 1. The van der Waals surface area contributed by atoms with Gasteiger partial charge in [-0.1, -0.05) is 50.2 Å². The van der Waals surface area contributed by atoms with Gasteiger partial charge in [0.1, 0.15) is 5.60 Å². The first kappa shape index (κ1) is 36.3. The van der Waals surface area contributed by atoms with Gasteiger partial charge in [0.15, 0.2) is 0 Å². The molecule has 1 aliphatic rings. The summed E-state index contributed by atoms with van der Waals surface area (Å²) in [5.41, 5.74) is 1.65. The van der Waals surface area contributed by atoms with E-state index >= 15 is 0 Å². The van der Waals surface area contributed by atoms with Crippen LogP contribution in [0.2, 0.25) is 0 Å². The van der Waals surface area contributed by atoms with Crippen molar-refractivity contribution in [1.29, 1.82) is 0 Å². The van der Waals surface area contributed by atoms with Crippen LogP contribution in [0.3, 0.4) is 0 Å². The van der Waals surface area contributed by atoms with Gasteiger partial charge in [-0.3, -0.25) is 4.79 Å². The van der Waals surface area contributed by atoms with Gasteiger partial charge < -0.3 is 19.7 Å². The highest BCUT2D eigenvalue weighted by Gasteiger charge is 2.35. The number of hydrogen-bond donors (Lipinski definition) is 1. The van der Waals surface area contributed by atoms with Crippen molar-refractivity contribution in [2.45, 2.75) is 90.8 Å². The molecule has 1 aliphatic heterocycles. The molecule has 1 amide bonds. The minimum atomic E-state index is -4.62. The molecule has 1 fully saturated rings. The molecule has 0 bridgehead atoms. The second-order valence-electron chi connectivity index (χ2n) is 12.0. The Hall–Kier alpha value is -4.15. The van der Waals surface area contributed by atoms with E-state index in [-0.39, 0.29) is 36.5 Å². The number of methoxy groups -OCH3 is 1. The summed E-state index contributed by atoms with van der Waals surface area (Å²) in [5.74, 6) is -0.635. The Balaban J connectivity index is 0.00000282. The number of anilines is 2. The van der Waals surface area contributed by atoms with Gasteiger partial charge >= 0.3 is 18.2 Å². The summed E-state index contributed by atoms with van der Waals surface area (Å²) < 4.78 is 51.9. The molecule has 1 saturated heterocycles. The second-order valence-corrected chi connectivity index (χ2v) is 12.0. The molecule has 11 heteroatoms. The Bertz CT molecular complexity index is 1450. The first-order valence-electron chi connectivity index (χ1n) is 15.7. The maximum Gasteiger partial charge on any atom is 0.419 e. The molecule has 2 heterocycles. The molecule has 8 nitrogen and oxygen atoms in total. The van der Waals surface area contributed by atoms with Crippen LogP contribution in [0.5, 0.6) is 0 Å². The fourth-order valence-corrected chi connectivity index (χ4v) is 5.34. The van der Waals surface area contributed by atoms with Crippen LogP contribution in [-0.4, -0.2) is 52.7 Å². The summed E-state index contributed by atoms with van der Waals surface area (Å²) >= 11 is 0. The Kier molecular flexibility index (Phi) is 12.6. The fourth-order valence-electron chi connectivity index (χ4n) is 5.34. The molecule has 4 rings (SSSR count). The molecule has 0 saturated carbocycles. The molecule has 0 radical (unpaired) electrons. The van der Waals surface area contributed by atoms with Gasteiger partial charge in [-0.2, -0.15) is 13.2 Å². The lowest BCUT2D eigenvalue weighted by Gasteiger charge is -2.33. The zero-order valence-corrected chi connectivity index (χ0v) is 27.7. The number of halogens is 3. The Morgan fingerprint density at radius 3 is 2.22 bits per heavy atom. The molecule has 46 heavy (non-hydrogen) atoms. The molecular weight excluding hydrogens is 597 g/mol. The summed E-state index contributed by atoms with van der Waals surface area (Å²) in [7, 11) is 1.30. The van der Waals surface area contributed by atoms with Crippen LogP contribution < -0.4 is 5.32 Å². The molecule has 0 spiro atoms. The van der Waals surface area contributed by atoms with Gasteiger partial charge in [-0.25, -0.2) is 14.8 Å². The van der Waals surface area contributed by atoms with E-state index in [0.717, 1.165) is 30.2 Å². The molecule has 2 aromatic carbocycles. The maximum absolute atomic E-state index is 13.9. The number of amides is 1. The van der Waals surface area contributed by atoms with E-state index in [9.17, 15) is 22.8 Å². The van der Waals surface area contributed by atoms with E-state index < -0.39 is 29.2 Å². The normalized spacial score (nSPS) is 14.5. The van der Waals surface area contributed by atoms with Crippen molar-refractivity contribution in [2.24, 2.45) is 0 Å². The largest absolute Gasteiger partial charge is 0.469 e. The van der Waals surface area contributed by atoms with Crippen molar-refractivity contribution in [3.05, 3.63) is 82.7 Å². The number of aromatic nitrogens is 2. The van der Waals surface area contributed by atoms with E-state index in [0.29, 0.717) is 24.3 Å². The van der Waals surface area contributed by atoms with Crippen LogP contribution in [0.1, 0.15) is 94.2 Å². The number of rotatable bonds is 8. The lowest BCUT2D eigenvalue weighted by atomic mass is 9.89. The second kappa shape index (κ2) is 15.9. The number of alkyl halides is 3. The summed E-state index contributed by atoms with van der Waals surface area (Å²) in [6, 6.07) is 14.8. The molecular formula is C35H45F3N4O4. The quantitative estimate of drug-likeness (QED) is 0.247. The van der Waals surface area contributed by atoms with Crippen molar-refractivity contribution in [3.63, 3.8) is 0 Å². The molecule has 1 N–H and O–H groups in total. The molecule has 0 aliphatic carbocycles. The summed E-state index contributed by atoms with van der Waals surface area (Å²) in [5, 5.41) is 3.03. The van der Waals surface area contributed by atoms with Crippen LogP contribution in [0.4, 0.5) is 29.6 Å². The van der Waals surface area contributed by atoms with Gasteiger partial charge in [0.2, 0.25) is 5.95 Å². The number of nitrogens with one attached hydrogen (secondary N) is 1. The minimum absolute atomic E-state index is 0.00210. The third kappa shape index (κ3) is 9.92. The number of ether oxygens (including phenoxy) is 2. The van der Waals surface area contributed by atoms with E-state index in [4.69, 9.17) is 9.47 Å². The monoisotopic (exact) mass is 642 g/mol. The fraction of sp³-hybridized carbons (Fsp3) is 0.486. The number of carbonyl (C=O) groups excluding carboxylic acids is 2. The lowest BCUT2D eigenvalue weighted by Crippen LogP contribution is -2.41. The van der Waals surface area contributed by atoms with E-state index in [1.54, 1.807) is 36.1 Å². The number of hydrogen-bond acceptors (Lipinski definition) is 7. The van der Waals surface area contributed by atoms with Crippen LogP contribution in [0.15, 0.2) is 54.7 Å². The minimum Gasteiger partial charge on any atom is -0.469 e. The highest BCUT2D eigenvalue weighted by atomic mass is 19.4. The summed E-state index contributed by atoms with van der Waals surface area (Å²) in [6.45, 7) is 12.5. The van der Waals surface area contributed by atoms with Crippen LogP contribution >= 0.6 is 0 Å². The van der Waals surface area contributed by atoms with Crippen LogP contribution in [0.25, 0.3) is 0 Å². The van der Waals surface area contributed by atoms with Crippen LogP contribution in [0, 0.1) is 0 Å². The summed E-state index contributed by atoms with van der Waals surface area (Å²) in [6.07, 6.45) is -2.26. The zero-order valence-electron chi connectivity index (χ0n) is 27.7. The number of benzene rings is 2. The van der Waals surface area contributed by atoms with Gasteiger partial charge in [-0.05, 0) is 88.1 Å². The van der Waals surface area contributed by atoms with E-state index in [1.165, 1.54) is 7.11 Å². The standard InChI is InChI=1S/C33H39F3N4O4.C2H6/c1-21(29(41)43-5)26-9-7-6-8-24(26)12-15-28-27(33(34,35)36)20-37-30(39-28)38-25-13-10-22(11-14-25)23-16-18-40(19-17-23)31(42)44-32(2,3)4;1-2/h6-11,13-14,20-21,23H,12,15-19H2,1-5H3,(H,37,38,39);1-2H3. The molecule has 1 aromatic heterocycles. The Morgan fingerprint density at radius 1 is 1.00 bits per heavy atom. The third-order valence-corrected chi connectivity index (χ3v) is 7.67. The first-order valence-corrected chi connectivity index (χ1v) is 15.7. The molecule has 250 valence electrons. The van der Waals surface area contributed by atoms with Gasteiger partial charge in [0, 0.05) is 25.0 Å². The zero-order chi connectivity index (χ0) is 34.1. The van der Waals surface area contributed by atoms with Crippen molar-refractivity contribution in [1.82, 2.24) is 14.9 Å². The van der Waals surface area contributed by atoms with Crippen molar-refractivity contribution in [2.75, 3.05) is 25.5 Å². The number of piperidine rings is 1. The molecule has 1 unspecified atom stereocenters. The van der Waals surface area contributed by atoms with Crippen molar-refractivity contribution in [3.8, 4) is 0 Å². The number of nitrogens with zero attached hydrogens (tertiary/aromatic N) is 3. The lowest BCUT2D eigenvalue weighted by molar-refractivity contribution is -0.142. The number of aryl methyl sites for hydroxylation is 2. The van der Waals surface area contributed by atoms with Crippen molar-refractivity contribution >= 4 is 23.7 Å². The van der Waals surface area contributed by atoms with Gasteiger partial charge in [0.25, 0.3) is 0 Å². The topological polar surface area (TPSA) is 93.7 Å². The predicted octanol–water partition coefficient (Wildman–Crippen LogP) is 8.44. The molecule has 1 atom stereocenters. The highest BCUT2D eigenvalue weighted by Crippen LogP contribution is 2.33. The van der Waals surface area contributed by atoms with E-state index in [1.807, 2.05) is 58.9 Å². The van der Waals surface area contributed by atoms with Gasteiger partial charge in [-0.15, -0.1) is 0 Å². The average Bonchev–Trinajstić information content (AvgIpc) is 3.03. The Labute approximate surface area is 269 Å². The first-order chi connectivity index (χ1) is 21.7. The van der Waals surface area contributed by atoms with E-state index in [2.05, 4.69) is 15.3 Å². The Morgan fingerprint density at radius 2 is 1.63 bits per heavy atom. The average molecular weight is 643 g/mol. The smallest absolute Gasteiger partial charge is 0.419 e. The predicted molar refractivity (Wildman–Crippen MR) is 172 cm³/mol. The summed E-state index contributed by atoms with van der Waals surface area (Å²) in [4.78, 5) is 34.4. The highest BCUT2D eigenvalue weighted by molar-refractivity contribution is 5.78. The number of likely N-dealkylation sites (tertiary alicyclic amines) is 1. The van der Waals surface area contributed by atoms with Crippen molar-refractivity contribution < 1.29 is 32.2 Å².